The third-order valence-electron chi connectivity index (χ3n) is 3.98. The van der Waals surface area contributed by atoms with Crippen LogP contribution in [0, 0.1) is 0 Å². The average Bonchev–Trinajstić information content (AvgIpc) is 3.11. The maximum atomic E-state index is 12.3. The number of nitrogens with zero attached hydrogens (tertiary/aromatic N) is 2. The summed E-state index contributed by atoms with van der Waals surface area (Å²) >= 11 is 0. The highest BCUT2D eigenvalue weighted by Gasteiger charge is 2.33. The predicted octanol–water partition coefficient (Wildman–Crippen LogP) is 3.73. The maximum Gasteiger partial charge on any atom is 0.410 e. The zero-order valence-electron chi connectivity index (χ0n) is 13.6. The van der Waals surface area contributed by atoms with Gasteiger partial charge in [-0.2, -0.15) is 0 Å². The Labute approximate surface area is 132 Å². The van der Waals surface area contributed by atoms with Crippen LogP contribution in [0.1, 0.15) is 58.1 Å². The number of aromatic nitrogens is 1. The lowest BCUT2D eigenvalue weighted by atomic mass is 10.1. The van der Waals surface area contributed by atoms with E-state index in [1.807, 2.05) is 37.9 Å². The molecule has 22 heavy (non-hydrogen) atoms. The van der Waals surface area contributed by atoms with E-state index in [-0.39, 0.29) is 12.1 Å². The summed E-state index contributed by atoms with van der Waals surface area (Å²) in [6.07, 6.45) is 6.10. The standard InChI is InChI=1S/C17H25N3O2/c1-17(2,3)22-16(21)20-10-4-5-14(20)12-6-9-15(18-11-12)19-13-7-8-13/h6,9,11,13-14H,4-5,7-8,10H2,1-3H3,(H,18,19)/t14-/m0/s1. The van der Waals surface area contributed by atoms with Crippen molar-refractivity contribution in [3.05, 3.63) is 23.9 Å². The second kappa shape index (κ2) is 5.78. The van der Waals surface area contributed by atoms with Gasteiger partial charge in [-0.25, -0.2) is 9.78 Å². The number of carbonyl (C=O) groups is 1. The van der Waals surface area contributed by atoms with Gasteiger partial charge >= 0.3 is 6.09 Å². The van der Waals surface area contributed by atoms with Crippen molar-refractivity contribution in [2.75, 3.05) is 11.9 Å². The molecule has 3 rings (SSSR count). The zero-order chi connectivity index (χ0) is 15.7. The van der Waals surface area contributed by atoms with Crippen LogP contribution in [0.4, 0.5) is 10.6 Å². The third-order valence-corrected chi connectivity index (χ3v) is 3.98. The van der Waals surface area contributed by atoms with Crippen molar-refractivity contribution in [2.24, 2.45) is 0 Å². The maximum absolute atomic E-state index is 12.3. The molecule has 0 radical (unpaired) electrons. The monoisotopic (exact) mass is 303 g/mol. The SMILES string of the molecule is CC(C)(C)OC(=O)N1CCC[C@H]1c1ccc(NC2CC2)nc1. The molecule has 1 aliphatic heterocycles. The number of likely N-dealkylation sites (tertiary alicyclic amines) is 1. The van der Waals surface area contributed by atoms with Crippen LogP contribution in [0.5, 0.6) is 0 Å². The van der Waals surface area contributed by atoms with Crippen LogP contribution >= 0.6 is 0 Å². The highest BCUT2D eigenvalue weighted by molar-refractivity contribution is 5.69. The van der Waals surface area contributed by atoms with Gasteiger partial charge in [-0.05, 0) is 58.1 Å². The summed E-state index contributed by atoms with van der Waals surface area (Å²) in [6, 6.07) is 4.77. The van der Waals surface area contributed by atoms with Crippen LogP contribution in [-0.4, -0.2) is 34.2 Å². The normalized spacial score (nSPS) is 21.8. The Morgan fingerprint density at radius 1 is 1.32 bits per heavy atom. The molecule has 1 aliphatic carbocycles. The molecule has 5 heteroatoms. The number of anilines is 1. The molecule has 2 heterocycles. The molecule has 0 spiro atoms. The summed E-state index contributed by atoms with van der Waals surface area (Å²) in [5, 5.41) is 3.38. The largest absolute Gasteiger partial charge is 0.444 e. The summed E-state index contributed by atoms with van der Waals surface area (Å²) in [5.74, 6) is 0.924. The molecule has 1 N–H and O–H groups in total. The smallest absolute Gasteiger partial charge is 0.410 e. The number of hydrogen-bond donors (Lipinski definition) is 1. The molecule has 1 aromatic rings. The first-order valence-electron chi connectivity index (χ1n) is 8.14. The lowest BCUT2D eigenvalue weighted by Crippen LogP contribution is -2.36. The molecule has 1 atom stereocenters. The van der Waals surface area contributed by atoms with Crippen LogP contribution in [0.25, 0.3) is 0 Å². The number of hydrogen-bond acceptors (Lipinski definition) is 4. The van der Waals surface area contributed by atoms with Gasteiger partial charge in [0.15, 0.2) is 0 Å². The van der Waals surface area contributed by atoms with Gasteiger partial charge in [-0.1, -0.05) is 6.07 Å². The molecule has 2 fully saturated rings. The van der Waals surface area contributed by atoms with Crippen molar-refractivity contribution in [3.63, 3.8) is 0 Å². The number of nitrogens with one attached hydrogen (secondary N) is 1. The first kappa shape index (κ1) is 15.1. The Morgan fingerprint density at radius 3 is 2.68 bits per heavy atom. The second-order valence-electron chi connectivity index (χ2n) is 7.23. The van der Waals surface area contributed by atoms with Gasteiger partial charge in [0.05, 0.1) is 6.04 Å². The molecule has 0 unspecified atom stereocenters. The molecule has 2 aliphatic rings. The Hall–Kier alpha value is -1.78. The molecule has 0 bridgehead atoms. The summed E-state index contributed by atoms with van der Waals surface area (Å²) in [5.41, 5.74) is 0.630. The molecule has 120 valence electrons. The predicted molar refractivity (Wildman–Crippen MR) is 85.8 cm³/mol. The molecule has 1 saturated carbocycles. The zero-order valence-corrected chi connectivity index (χ0v) is 13.6. The Kier molecular flexibility index (Phi) is 3.98. The van der Waals surface area contributed by atoms with Crippen molar-refractivity contribution in [1.82, 2.24) is 9.88 Å². The van der Waals surface area contributed by atoms with Crippen LogP contribution in [0.2, 0.25) is 0 Å². The van der Waals surface area contributed by atoms with Crippen molar-refractivity contribution in [1.29, 1.82) is 0 Å². The first-order valence-corrected chi connectivity index (χ1v) is 8.14. The average molecular weight is 303 g/mol. The first-order chi connectivity index (χ1) is 10.4. The number of ether oxygens (including phenoxy) is 1. The summed E-state index contributed by atoms with van der Waals surface area (Å²) in [7, 11) is 0. The van der Waals surface area contributed by atoms with Crippen molar-refractivity contribution >= 4 is 11.9 Å². The Balaban J connectivity index is 1.67. The fraction of sp³-hybridized carbons (Fsp3) is 0.647. The van der Waals surface area contributed by atoms with Crippen LogP contribution in [-0.2, 0) is 4.74 Å². The lowest BCUT2D eigenvalue weighted by Gasteiger charge is -2.28. The van der Waals surface area contributed by atoms with E-state index in [0.717, 1.165) is 30.8 Å². The van der Waals surface area contributed by atoms with Gasteiger partial charge in [-0.3, -0.25) is 0 Å². The van der Waals surface area contributed by atoms with E-state index >= 15 is 0 Å². The van der Waals surface area contributed by atoms with Gasteiger partial charge < -0.3 is 15.0 Å². The molecular formula is C17H25N3O2. The highest BCUT2D eigenvalue weighted by atomic mass is 16.6. The van der Waals surface area contributed by atoms with Crippen LogP contribution in [0.3, 0.4) is 0 Å². The topological polar surface area (TPSA) is 54.5 Å². The van der Waals surface area contributed by atoms with E-state index in [0.29, 0.717) is 6.04 Å². The molecule has 0 aromatic carbocycles. The van der Waals surface area contributed by atoms with E-state index in [9.17, 15) is 4.79 Å². The number of carbonyl (C=O) groups excluding carboxylic acids is 1. The minimum atomic E-state index is -0.458. The van der Waals surface area contributed by atoms with Gasteiger partial charge in [0, 0.05) is 18.8 Å². The van der Waals surface area contributed by atoms with E-state index in [1.54, 1.807) is 0 Å². The fourth-order valence-corrected chi connectivity index (χ4v) is 2.78. The molecule has 1 saturated heterocycles. The molecule has 5 nitrogen and oxygen atoms in total. The number of rotatable bonds is 3. The van der Waals surface area contributed by atoms with Gasteiger partial charge in [0.1, 0.15) is 11.4 Å². The summed E-state index contributed by atoms with van der Waals surface area (Å²) in [4.78, 5) is 18.6. The van der Waals surface area contributed by atoms with E-state index in [1.165, 1.54) is 12.8 Å². The summed E-state index contributed by atoms with van der Waals surface area (Å²) in [6.45, 7) is 6.45. The Morgan fingerprint density at radius 2 is 2.09 bits per heavy atom. The van der Waals surface area contributed by atoms with E-state index in [4.69, 9.17) is 4.74 Å². The van der Waals surface area contributed by atoms with Crippen molar-refractivity contribution in [2.45, 2.75) is 64.1 Å². The fourth-order valence-electron chi connectivity index (χ4n) is 2.78. The van der Waals surface area contributed by atoms with Crippen molar-refractivity contribution < 1.29 is 9.53 Å². The third kappa shape index (κ3) is 3.70. The number of amides is 1. The number of pyridine rings is 1. The minimum absolute atomic E-state index is 0.0809. The van der Waals surface area contributed by atoms with Crippen LogP contribution in [0.15, 0.2) is 18.3 Å². The van der Waals surface area contributed by atoms with Gasteiger partial charge in [-0.15, -0.1) is 0 Å². The van der Waals surface area contributed by atoms with Crippen molar-refractivity contribution in [3.8, 4) is 0 Å². The lowest BCUT2D eigenvalue weighted by molar-refractivity contribution is 0.0224. The van der Waals surface area contributed by atoms with Crippen LogP contribution < -0.4 is 5.32 Å². The van der Waals surface area contributed by atoms with Gasteiger partial charge in [0.25, 0.3) is 0 Å². The molecule has 1 amide bonds. The van der Waals surface area contributed by atoms with E-state index < -0.39 is 5.60 Å². The highest BCUT2D eigenvalue weighted by Crippen LogP contribution is 2.33. The molecule has 1 aromatic heterocycles. The molecular weight excluding hydrogens is 278 g/mol. The summed E-state index contributed by atoms with van der Waals surface area (Å²) < 4.78 is 5.51. The van der Waals surface area contributed by atoms with Gasteiger partial charge in [0.2, 0.25) is 0 Å². The quantitative estimate of drug-likeness (QED) is 0.924. The Bertz CT molecular complexity index is 532. The second-order valence-corrected chi connectivity index (χ2v) is 7.23. The minimum Gasteiger partial charge on any atom is -0.444 e. The van der Waals surface area contributed by atoms with E-state index in [2.05, 4.69) is 16.4 Å².